The highest BCUT2D eigenvalue weighted by Crippen LogP contribution is 2.13. The van der Waals surface area contributed by atoms with Crippen LogP contribution < -0.4 is 25.4 Å². The van der Waals surface area contributed by atoms with Gasteiger partial charge in [0, 0.05) is 25.2 Å². The fourth-order valence-electron chi connectivity index (χ4n) is 2.89. The summed E-state index contributed by atoms with van der Waals surface area (Å²) in [4.78, 5) is 43.2. The Morgan fingerprint density at radius 1 is 0.889 bits per heavy atom. The number of benzene rings is 2. The van der Waals surface area contributed by atoms with Crippen molar-refractivity contribution in [3.8, 4) is 23.5 Å². The molecule has 0 atom stereocenters. The highest BCUT2D eigenvalue weighted by atomic mass is 16.5. The number of rotatable bonds is 9. The molecule has 0 aliphatic heterocycles. The van der Waals surface area contributed by atoms with Crippen LogP contribution in [0.5, 0.6) is 11.5 Å². The van der Waals surface area contributed by atoms with Gasteiger partial charge in [-0.15, -0.1) is 0 Å². The number of nitrogens with one attached hydrogen (secondary N) is 3. The van der Waals surface area contributed by atoms with Crippen molar-refractivity contribution in [1.82, 2.24) is 25.9 Å². The molecule has 3 rings (SSSR count). The molecule has 3 aromatic rings. The third-order valence-electron chi connectivity index (χ3n) is 4.66. The predicted octanol–water partition coefficient (Wildman–Crippen LogP) is 1.95. The van der Waals surface area contributed by atoms with Crippen molar-refractivity contribution in [3.63, 3.8) is 0 Å². The fraction of sp³-hybridized carbons (Fsp3) is 0.160. The summed E-state index contributed by atoms with van der Waals surface area (Å²) in [6.45, 7) is 0.509. The van der Waals surface area contributed by atoms with Crippen LogP contribution in [0.1, 0.15) is 32.1 Å². The summed E-state index contributed by atoms with van der Waals surface area (Å²) in [5.41, 5.74) is 1.79. The maximum absolute atomic E-state index is 12.5. The Bertz CT molecular complexity index is 1280. The molecule has 36 heavy (non-hydrogen) atoms. The lowest BCUT2D eigenvalue weighted by molar-refractivity contribution is 0.0944. The summed E-state index contributed by atoms with van der Waals surface area (Å²) in [7, 11) is 1.57. The van der Waals surface area contributed by atoms with Crippen molar-refractivity contribution in [2.24, 2.45) is 0 Å². The number of hydrogen-bond acceptors (Lipinski definition) is 7. The van der Waals surface area contributed by atoms with E-state index in [1.54, 1.807) is 31.4 Å². The highest BCUT2D eigenvalue weighted by molar-refractivity contribution is 5.97. The summed E-state index contributed by atoms with van der Waals surface area (Å²) in [5.74, 6) is 2.83. The lowest BCUT2D eigenvalue weighted by Gasteiger charge is -2.08. The number of aromatic nitrogens is 2. The third-order valence-corrected chi connectivity index (χ3v) is 4.66. The predicted molar refractivity (Wildman–Crippen MR) is 128 cm³/mol. The molecule has 0 spiro atoms. The fourth-order valence-corrected chi connectivity index (χ4v) is 2.89. The second kappa shape index (κ2) is 13.0. The van der Waals surface area contributed by atoms with Gasteiger partial charge in [0.1, 0.15) is 29.2 Å². The van der Waals surface area contributed by atoms with Gasteiger partial charge in [0.2, 0.25) is 0 Å². The van der Waals surface area contributed by atoms with E-state index in [1.165, 1.54) is 6.07 Å². The van der Waals surface area contributed by atoms with E-state index in [9.17, 15) is 14.4 Å². The van der Waals surface area contributed by atoms with Crippen LogP contribution in [0, 0.1) is 12.0 Å². The molecule has 2 aromatic carbocycles. The number of methoxy groups -OCH3 is 1. The summed E-state index contributed by atoms with van der Waals surface area (Å²) in [6, 6.07) is 17.8. The Balaban J connectivity index is 1.49. The first-order chi connectivity index (χ1) is 17.4. The van der Waals surface area contributed by atoms with Gasteiger partial charge in [0.25, 0.3) is 11.8 Å². The Morgan fingerprint density at radius 3 is 2.19 bits per heavy atom. The molecule has 11 nitrogen and oxygen atoms in total. The maximum Gasteiger partial charge on any atom is 0.416 e. The number of carbonyl (C=O) groups excluding carboxylic acids is 2. The second-order valence-electron chi connectivity index (χ2n) is 7.17. The van der Waals surface area contributed by atoms with Crippen molar-refractivity contribution in [2.75, 3.05) is 13.7 Å². The quantitative estimate of drug-likeness (QED) is 0.263. The number of carbonyl (C=O) groups is 3. The SMILES string of the molecule is COc1cccc(CNC(=O)c2cc(C(=O)NCc3ccc(OCC#CNC(=O)O)cc3)ncn2)c1. The van der Waals surface area contributed by atoms with Crippen LogP contribution in [0.3, 0.4) is 0 Å². The van der Waals surface area contributed by atoms with Crippen molar-refractivity contribution in [3.05, 3.63) is 83.4 Å². The molecule has 1 aromatic heterocycles. The number of carboxylic acid groups (broad SMARTS) is 1. The number of hydrogen-bond donors (Lipinski definition) is 4. The summed E-state index contributed by atoms with van der Waals surface area (Å²) in [5, 5.41) is 15.8. The van der Waals surface area contributed by atoms with E-state index >= 15 is 0 Å². The van der Waals surface area contributed by atoms with E-state index in [0.29, 0.717) is 11.5 Å². The smallest absolute Gasteiger partial charge is 0.416 e. The molecule has 0 saturated heterocycles. The molecule has 11 heteroatoms. The molecule has 0 aliphatic carbocycles. The molecule has 3 amide bonds. The number of nitrogens with zero attached hydrogens (tertiary/aromatic N) is 2. The third kappa shape index (κ3) is 8.03. The Hall–Kier alpha value is -5.11. The topological polar surface area (TPSA) is 152 Å². The van der Waals surface area contributed by atoms with Gasteiger partial charge >= 0.3 is 6.09 Å². The minimum atomic E-state index is -1.24. The minimum absolute atomic E-state index is 0.0134. The summed E-state index contributed by atoms with van der Waals surface area (Å²) >= 11 is 0. The molecule has 0 radical (unpaired) electrons. The van der Waals surface area contributed by atoms with Crippen molar-refractivity contribution >= 4 is 17.9 Å². The zero-order valence-corrected chi connectivity index (χ0v) is 19.3. The first-order valence-corrected chi connectivity index (χ1v) is 10.6. The summed E-state index contributed by atoms with van der Waals surface area (Å²) < 4.78 is 10.6. The van der Waals surface area contributed by atoms with Crippen LogP contribution in [-0.4, -0.2) is 46.7 Å². The van der Waals surface area contributed by atoms with Crippen molar-refractivity contribution in [1.29, 1.82) is 0 Å². The van der Waals surface area contributed by atoms with E-state index in [4.69, 9.17) is 14.6 Å². The maximum atomic E-state index is 12.5. The van der Waals surface area contributed by atoms with Gasteiger partial charge in [-0.2, -0.15) is 0 Å². The van der Waals surface area contributed by atoms with Crippen LogP contribution in [0.4, 0.5) is 4.79 Å². The van der Waals surface area contributed by atoms with E-state index in [1.807, 2.05) is 29.6 Å². The van der Waals surface area contributed by atoms with Gasteiger partial charge in [-0.05, 0) is 41.3 Å². The number of ether oxygens (including phenoxy) is 2. The Morgan fingerprint density at radius 2 is 1.56 bits per heavy atom. The lowest BCUT2D eigenvalue weighted by atomic mass is 10.2. The average Bonchev–Trinajstić information content (AvgIpc) is 2.90. The summed E-state index contributed by atoms with van der Waals surface area (Å²) in [6.07, 6.45) is -0.0732. The average molecular weight is 489 g/mol. The minimum Gasteiger partial charge on any atom is -0.497 e. The molecule has 0 bridgehead atoms. The van der Waals surface area contributed by atoms with Gasteiger partial charge in [-0.25, -0.2) is 20.1 Å². The molecule has 1 heterocycles. The van der Waals surface area contributed by atoms with Crippen LogP contribution in [0.25, 0.3) is 0 Å². The van der Waals surface area contributed by atoms with Crippen LogP contribution >= 0.6 is 0 Å². The van der Waals surface area contributed by atoms with E-state index in [-0.39, 0.29) is 31.1 Å². The van der Waals surface area contributed by atoms with Gasteiger partial charge < -0.3 is 25.2 Å². The molecule has 0 saturated carbocycles. The van der Waals surface area contributed by atoms with Gasteiger partial charge in [-0.1, -0.05) is 24.3 Å². The largest absolute Gasteiger partial charge is 0.497 e. The molecule has 0 aliphatic rings. The molecule has 0 fully saturated rings. The van der Waals surface area contributed by atoms with Crippen molar-refractivity contribution < 1.29 is 29.0 Å². The lowest BCUT2D eigenvalue weighted by Crippen LogP contribution is -2.27. The first kappa shape index (κ1) is 25.5. The van der Waals surface area contributed by atoms with Crippen LogP contribution in [0.15, 0.2) is 60.9 Å². The van der Waals surface area contributed by atoms with Gasteiger partial charge in [-0.3, -0.25) is 9.59 Å². The van der Waals surface area contributed by atoms with Crippen LogP contribution in [0.2, 0.25) is 0 Å². The highest BCUT2D eigenvalue weighted by Gasteiger charge is 2.13. The van der Waals surface area contributed by atoms with Gasteiger partial charge in [0.15, 0.2) is 6.61 Å². The molecule has 4 N–H and O–H groups in total. The molecule has 184 valence electrons. The Kier molecular flexibility index (Phi) is 9.18. The first-order valence-electron chi connectivity index (χ1n) is 10.6. The van der Waals surface area contributed by atoms with E-state index < -0.39 is 17.9 Å². The van der Waals surface area contributed by atoms with E-state index in [2.05, 4.69) is 32.6 Å². The number of amides is 3. The normalized spacial score (nSPS) is 9.81. The van der Waals surface area contributed by atoms with E-state index in [0.717, 1.165) is 17.5 Å². The Labute approximate surface area is 206 Å². The second-order valence-corrected chi connectivity index (χ2v) is 7.17. The molecular formula is C25H23N5O6. The van der Waals surface area contributed by atoms with Gasteiger partial charge in [0.05, 0.1) is 7.11 Å². The standard InChI is InChI=1S/C25H23N5O6/c1-35-20-5-2-4-18(12-20)15-28-24(32)22-13-21(29-16-30-22)23(31)27-14-17-6-8-19(9-7-17)36-11-3-10-26-25(33)34/h2,4-9,12-13,16,26H,11,14-15H2,1H3,(H,27,31)(H,28,32)(H,33,34). The monoisotopic (exact) mass is 489 g/mol. The van der Waals surface area contributed by atoms with Crippen molar-refractivity contribution in [2.45, 2.75) is 13.1 Å². The molecular weight excluding hydrogens is 466 g/mol. The van der Waals surface area contributed by atoms with Crippen LogP contribution in [-0.2, 0) is 13.1 Å². The zero-order valence-electron chi connectivity index (χ0n) is 19.3. The zero-order chi connectivity index (χ0) is 25.8. The molecule has 0 unspecified atom stereocenters.